The monoisotopic (exact) mass is 312 g/mol. The molecule has 1 heterocycles. The highest BCUT2D eigenvalue weighted by Gasteiger charge is 2.30. The van der Waals surface area contributed by atoms with Crippen molar-refractivity contribution in [1.29, 1.82) is 0 Å². The Morgan fingerprint density at radius 2 is 2.14 bits per heavy atom. The number of hydrogen-bond donors (Lipinski definition) is 1. The number of likely N-dealkylation sites (N-methyl/N-ethyl adjacent to an activating group) is 1. The van der Waals surface area contributed by atoms with Crippen molar-refractivity contribution in [3.63, 3.8) is 0 Å². The van der Waals surface area contributed by atoms with E-state index in [4.69, 9.17) is 11.6 Å². The number of aromatic nitrogens is 2. The summed E-state index contributed by atoms with van der Waals surface area (Å²) in [5.41, 5.74) is 1.24. The van der Waals surface area contributed by atoms with Gasteiger partial charge in [0.05, 0.1) is 23.5 Å². The third-order valence-electron chi connectivity index (χ3n) is 4.37. The van der Waals surface area contributed by atoms with Gasteiger partial charge in [-0.15, -0.1) is 0 Å². The van der Waals surface area contributed by atoms with Gasteiger partial charge < -0.3 is 10.2 Å². The van der Waals surface area contributed by atoms with E-state index >= 15 is 0 Å². The fourth-order valence-corrected chi connectivity index (χ4v) is 3.53. The number of nitrogens with one attached hydrogen (secondary N) is 1. The zero-order valence-electron chi connectivity index (χ0n) is 13.6. The first-order valence-corrected chi connectivity index (χ1v) is 8.60. The lowest BCUT2D eigenvalue weighted by molar-refractivity contribution is 0.306. The van der Waals surface area contributed by atoms with Crippen LogP contribution < -0.4 is 5.32 Å². The van der Waals surface area contributed by atoms with Crippen LogP contribution in [0.15, 0.2) is 6.20 Å². The minimum atomic E-state index is 0.502. The van der Waals surface area contributed by atoms with Gasteiger partial charge in [-0.05, 0) is 39.9 Å². The van der Waals surface area contributed by atoms with Crippen LogP contribution in [0.2, 0.25) is 5.02 Å². The molecule has 1 aliphatic carbocycles. The Morgan fingerprint density at radius 1 is 1.38 bits per heavy atom. The van der Waals surface area contributed by atoms with E-state index in [1.165, 1.54) is 37.8 Å². The lowest BCUT2D eigenvalue weighted by atomic mass is 9.82. The smallest absolute Gasteiger partial charge is 0.0821 e. The Morgan fingerprint density at radius 3 is 2.86 bits per heavy atom. The summed E-state index contributed by atoms with van der Waals surface area (Å²) in [5, 5.41) is 9.06. The van der Waals surface area contributed by atoms with Crippen molar-refractivity contribution in [1.82, 2.24) is 20.0 Å². The molecule has 2 rings (SSSR count). The first kappa shape index (κ1) is 16.8. The average molecular weight is 313 g/mol. The minimum absolute atomic E-state index is 0.502. The van der Waals surface area contributed by atoms with Crippen molar-refractivity contribution >= 4 is 11.6 Å². The van der Waals surface area contributed by atoms with Crippen LogP contribution in [-0.2, 0) is 6.54 Å². The van der Waals surface area contributed by atoms with Gasteiger partial charge in [0, 0.05) is 18.5 Å². The molecule has 0 aliphatic heterocycles. The fraction of sp³-hybridized carbons (Fsp3) is 0.812. The molecule has 5 heteroatoms. The SMILES string of the molecule is CCCNC1CCCCC1c1c(Cl)cnn1CCN(C)C. The van der Waals surface area contributed by atoms with E-state index in [2.05, 4.69) is 41.0 Å². The molecule has 1 aliphatic rings. The normalized spacial score (nSPS) is 22.9. The topological polar surface area (TPSA) is 33.1 Å². The summed E-state index contributed by atoms with van der Waals surface area (Å²) in [5.74, 6) is 0.502. The van der Waals surface area contributed by atoms with Crippen LogP contribution in [0.5, 0.6) is 0 Å². The van der Waals surface area contributed by atoms with Crippen molar-refractivity contribution in [2.75, 3.05) is 27.2 Å². The second-order valence-electron chi connectivity index (χ2n) is 6.36. The number of rotatable bonds is 7. The van der Waals surface area contributed by atoms with Crippen LogP contribution in [0, 0.1) is 0 Å². The van der Waals surface area contributed by atoms with Gasteiger partial charge in [-0.3, -0.25) is 4.68 Å². The zero-order chi connectivity index (χ0) is 15.2. The summed E-state index contributed by atoms with van der Waals surface area (Å²) < 4.78 is 2.12. The van der Waals surface area contributed by atoms with Crippen molar-refractivity contribution in [3.05, 3.63) is 16.9 Å². The van der Waals surface area contributed by atoms with Gasteiger partial charge >= 0.3 is 0 Å². The van der Waals surface area contributed by atoms with Crippen LogP contribution in [0.3, 0.4) is 0 Å². The predicted molar refractivity (Wildman–Crippen MR) is 89.1 cm³/mol. The third kappa shape index (κ3) is 4.44. The van der Waals surface area contributed by atoms with Gasteiger partial charge in [0.15, 0.2) is 0 Å². The van der Waals surface area contributed by atoms with Crippen molar-refractivity contribution in [2.45, 2.75) is 57.5 Å². The van der Waals surface area contributed by atoms with Crippen LogP contribution in [0.25, 0.3) is 0 Å². The summed E-state index contributed by atoms with van der Waals surface area (Å²) in [6.45, 7) is 5.21. The maximum Gasteiger partial charge on any atom is 0.0821 e. The zero-order valence-corrected chi connectivity index (χ0v) is 14.4. The highest BCUT2D eigenvalue weighted by molar-refractivity contribution is 6.31. The Hall–Kier alpha value is -0.580. The van der Waals surface area contributed by atoms with Crippen molar-refractivity contribution < 1.29 is 0 Å². The van der Waals surface area contributed by atoms with E-state index in [1.54, 1.807) is 0 Å². The molecule has 120 valence electrons. The molecule has 1 aromatic heterocycles. The van der Waals surface area contributed by atoms with Gasteiger partial charge in [-0.25, -0.2) is 0 Å². The van der Waals surface area contributed by atoms with E-state index in [9.17, 15) is 0 Å². The highest BCUT2D eigenvalue weighted by atomic mass is 35.5. The Kier molecular flexibility index (Phi) is 6.52. The molecule has 2 atom stereocenters. The lowest BCUT2D eigenvalue weighted by Gasteiger charge is -2.33. The summed E-state index contributed by atoms with van der Waals surface area (Å²) in [6.07, 6.45) is 8.08. The van der Waals surface area contributed by atoms with E-state index in [-0.39, 0.29) is 0 Å². The first-order chi connectivity index (χ1) is 10.1. The Labute approximate surface area is 133 Å². The minimum Gasteiger partial charge on any atom is -0.313 e. The van der Waals surface area contributed by atoms with Gasteiger partial charge in [0.25, 0.3) is 0 Å². The quantitative estimate of drug-likeness (QED) is 0.839. The molecule has 0 spiro atoms. The second-order valence-corrected chi connectivity index (χ2v) is 6.76. The van der Waals surface area contributed by atoms with Gasteiger partial charge in [-0.2, -0.15) is 5.10 Å². The fourth-order valence-electron chi connectivity index (χ4n) is 3.25. The van der Waals surface area contributed by atoms with E-state index in [0.717, 1.165) is 24.7 Å². The summed E-state index contributed by atoms with van der Waals surface area (Å²) in [6, 6.07) is 0.547. The maximum absolute atomic E-state index is 6.47. The van der Waals surface area contributed by atoms with Crippen LogP contribution in [0.1, 0.15) is 50.6 Å². The van der Waals surface area contributed by atoms with E-state index < -0.39 is 0 Å². The van der Waals surface area contributed by atoms with Crippen molar-refractivity contribution in [3.8, 4) is 0 Å². The molecular formula is C16H29ClN4. The van der Waals surface area contributed by atoms with E-state index in [0.29, 0.717) is 12.0 Å². The molecule has 2 unspecified atom stereocenters. The maximum atomic E-state index is 6.47. The molecule has 1 N–H and O–H groups in total. The molecule has 1 aromatic rings. The van der Waals surface area contributed by atoms with Crippen LogP contribution in [-0.4, -0.2) is 47.9 Å². The van der Waals surface area contributed by atoms with E-state index in [1.807, 2.05) is 6.20 Å². The Bertz CT molecular complexity index is 430. The first-order valence-electron chi connectivity index (χ1n) is 8.22. The van der Waals surface area contributed by atoms with Gasteiger partial charge in [0.1, 0.15) is 0 Å². The largest absolute Gasteiger partial charge is 0.313 e. The van der Waals surface area contributed by atoms with Gasteiger partial charge in [-0.1, -0.05) is 31.4 Å². The predicted octanol–water partition coefficient (Wildman–Crippen LogP) is 3.12. The lowest BCUT2D eigenvalue weighted by Crippen LogP contribution is -2.38. The summed E-state index contributed by atoms with van der Waals surface area (Å²) in [7, 11) is 4.19. The number of nitrogens with zero attached hydrogens (tertiary/aromatic N) is 3. The summed E-state index contributed by atoms with van der Waals surface area (Å²) >= 11 is 6.47. The molecule has 0 bridgehead atoms. The van der Waals surface area contributed by atoms with Crippen molar-refractivity contribution in [2.24, 2.45) is 0 Å². The molecule has 0 amide bonds. The molecule has 1 saturated carbocycles. The standard InChI is InChI=1S/C16H29ClN4/c1-4-9-18-15-8-6-5-7-13(15)16-14(17)12-19-21(16)11-10-20(2)3/h12-13,15,18H,4-11H2,1-3H3. The molecule has 0 radical (unpaired) electrons. The molecule has 0 aromatic carbocycles. The van der Waals surface area contributed by atoms with Crippen LogP contribution >= 0.6 is 11.6 Å². The highest BCUT2D eigenvalue weighted by Crippen LogP contribution is 2.36. The molecule has 4 nitrogen and oxygen atoms in total. The van der Waals surface area contributed by atoms with Crippen LogP contribution in [0.4, 0.5) is 0 Å². The Balaban J connectivity index is 2.15. The average Bonchev–Trinajstić information content (AvgIpc) is 2.84. The van der Waals surface area contributed by atoms with Gasteiger partial charge in [0.2, 0.25) is 0 Å². The molecule has 0 saturated heterocycles. The molecule has 21 heavy (non-hydrogen) atoms. The molecule has 1 fully saturated rings. The second kappa shape index (κ2) is 8.16. The molecular weight excluding hydrogens is 284 g/mol. The number of halogens is 1. The third-order valence-corrected chi connectivity index (χ3v) is 4.66. The summed E-state index contributed by atoms with van der Waals surface area (Å²) in [4.78, 5) is 2.19. The number of hydrogen-bond acceptors (Lipinski definition) is 3.